The fraction of sp³-hybridized carbons (Fsp3) is 0.412. The number of nitrogens with zero attached hydrogens (tertiary/aromatic N) is 2. The van der Waals surface area contributed by atoms with Crippen LogP contribution < -0.4 is 9.47 Å². The first-order valence-corrected chi connectivity index (χ1v) is 7.92. The van der Waals surface area contributed by atoms with Crippen molar-refractivity contribution in [2.75, 3.05) is 33.4 Å². The van der Waals surface area contributed by atoms with Crippen LogP contribution in [-0.2, 0) is 4.79 Å². The molecule has 0 saturated heterocycles. The van der Waals surface area contributed by atoms with Crippen molar-refractivity contribution in [2.45, 2.75) is 13.8 Å². The zero-order chi connectivity index (χ0) is 18.1. The molecule has 7 heteroatoms. The van der Waals surface area contributed by atoms with Crippen molar-refractivity contribution in [1.82, 2.24) is 4.90 Å². The number of carboxylic acids is 1. The van der Waals surface area contributed by atoms with Gasteiger partial charge >= 0.3 is 5.97 Å². The largest absolute Gasteiger partial charge is 0.493 e. The Morgan fingerprint density at radius 1 is 1.42 bits per heavy atom. The van der Waals surface area contributed by atoms with Crippen LogP contribution in [0.25, 0.3) is 6.08 Å². The van der Waals surface area contributed by atoms with Gasteiger partial charge in [0, 0.05) is 6.54 Å². The molecule has 0 aliphatic heterocycles. The predicted molar refractivity (Wildman–Crippen MR) is 92.5 cm³/mol. The first-order valence-electron chi connectivity index (χ1n) is 7.54. The number of nitriles is 1. The van der Waals surface area contributed by atoms with Gasteiger partial charge in [-0.2, -0.15) is 5.26 Å². The molecule has 0 radical (unpaired) electrons. The summed E-state index contributed by atoms with van der Waals surface area (Å²) in [5.41, 5.74) is 0.0650. The number of rotatable bonds is 9. The van der Waals surface area contributed by atoms with E-state index in [-0.39, 0.29) is 5.57 Å². The second-order valence-electron chi connectivity index (χ2n) is 4.88. The van der Waals surface area contributed by atoms with Crippen molar-refractivity contribution in [3.05, 3.63) is 28.3 Å². The molecular weight excluding hydrogens is 332 g/mol. The number of likely N-dealkylation sites (N-methyl/N-ethyl adjacent to an activating group) is 1. The third-order valence-corrected chi connectivity index (χ3v) is 3.74. The molecule has 0 aromatic heterocycles. The van der Waals surface area contributed by atoms with Gasteiger partial charge in [0.1, 0.15) is 18.2 Å². The number of ether oxygens (including phenoxy) is 2. The van der Waals surface area contributed by atoms with Gasteiger partial charge < -0.3 is 19.5 Å². The summed E-state index contributed by atoms with van der Waals surface area (Å²) in [6.07, 6.45) is 1.23. The molecule has 1 rings (SSSR count). The van der Waals surface area contributed by atoms with Crippen molar-refractivity contribution in [1.29, 1.82) is 5.26 Å². The Morgan fingerprint density at radius 3 is 2.58 bits per heavy atom. The summed E-state index contributed by atoms with van der Waals surface area (Å²) >= 11 is 6.22. The zero-order valence-electron chi connectivity index (χ0n) is 14.0. The molecule has 130 valence electrons. The minimum atomic E-state index is -1.30. The molecule has 0 aliphatic carbocycles. The monoisotopic (exact) mass is 352 g/mol. The van der Waals surface area contributed by atoms with Gasteiger partial charge in [-0.15, -0.1) is 0 Å². The van der Waals surface area contributed by atoms with Crippen LogP contribution in [0.15, 0.2) is 17.7 Å². The van der Waals surface area contributed by atoms with Crippen LogP contribution in [0.3, 0.4) is 0 Å². The average Bonchev–Trinajstić information content (AvgIpc) is 2.57. The molecule has 1 N–H and O–H groups in total. The van der Waals surface area contributed by atoms with Gasteiger partial charge in [-0.05, 0) is 36.9 Å². The number of halogens is 1. The minimum absolute atomic E-state index is 0.294. The van der Waals surface area contributed by atoms with Gasteiger partial charge in [-0.3, -0.25) is 0 Å². The van der Waals surface area contributed by atoms with E-state index in [1.54, 1.807) is 12.1 Å². The second-order valence-corrected chi connectivity index (χ2v) is 5.29. The molecule has 0 unspecified atom stereocenters. The topological polar surface area (TPSA) is 82.8 Å². The van der Waals surface area contributed by atoms with E-state index in [4.69, 9.17) is 31.4 Å². The van der Waals surface area contributed by atoms with Crippen molar-refractivity contribution < 1.29 is 19.4 Å². The standard InChI is InChI=1S/C17H21ClN2O4/c1-4-20(5-2)6-7-24-16-14(18)9-12(10-15(16)23-3)8-13(11-19)17(21)22/h8-10H,4-7H2,1-3H3,(H,21,22). The smallest absolute Gasteiger partial charge is 0.346 e. The van der Waals surface area contributed by atoms with Crippen LogP contribution in [0.1, 0.15) is 19.4 Å². The summed E-state index contributed by atoms with van der Waals surface area (Å²) in [6.45, 7) is 7.22. The van der Waals surface area contributed by atoms with E-state index in [9.17, 15) is 4.79 Å². The molecular formula is C17H21ClN2O4. The summed E-state index contributed by atoms with van der Waals surface area (Å²) in [6, 6.07) is 4.74. The highest BCUT2D eigenvalue weighted by molar-refractivity contribution is 6.32. The maximum atomic E-state index is 10.9. The van der Waals surface area contributed by atoms with Crippen molar-refractivity contribution in [2.24, 2.45) is 0 Å². The predicted octanol–water partition coefficient (Wildman–Crippen LogP) is 3.06. The summed E-state index contributed by atoms with van der Waals surface area (Å²) < 4.78 is 11.0. The maximum Gasteiger partial charge on any atom is 0.346 e. The lowest BCUT2D eigenvalue weighted by Gasteiger charge is -2.19. The van der Waals surface area contributed by atoms with Gasteiger partial charge in [0.25, 0.3) is 0 Å². The molecule has 0 fully saturated rings. The van der Waals surface area contributed by atoms with Crippen LogP contribution in [0.5, 0.6) is 11.5 Å². The van der Waals surface area contributed by atoms with Crippen LogP contribution >= 0.6 is 11.6 Å². The van der Waals surface area contributed by atoms with E-state index in [2.05, 4.69) is 18.7 Å². The molecule has 24 heavy (non-hydrogen) atoms. The van der Waals surface area contributed by atoms with E-state index >= 15 is 0 Å². The van der Waals surface area contributed by atoms with Crippen molar-refractivity contribution in [3.8, 4) is 17.6 Å². The van der Waals surface area contributed by atoms with E-state index in [1.807, 2.05) is 0 Å². The Kier molecular flexibility index (Phi) is 8.10. The molecule has 0 aliphatic rings. The lowest BCUT2D eigenvalue weighted by Crippen LogP contribution is -2.28. The van der Waals surface area contributed by atoms with Gasteiger partial charge in [0.05, 0.1) is 12.1 Å². The lowest BCUT2D eigenvalue weighted by atomic mass is 10.1. The fourth-order valence-corrected chi connectivity index (χ4v) is 2.36. The molecule has 1 aromatic rings. The number of methoxy groups -OCH3 is 1. The Bertz CT molecular complexity index is 649. The molecule has 1 aromatic carbocycles. The molecule has 6 nitrogen and oxygen atoms in total. The number of carbonyl (C=O) groups is 1. The van der Waals surface area contributed by atoms with Crippen molar-refractivity contribution >= 4 is 23.6 Å². The van der Waals surface area contributed by atoms with E-state index in [1.165, 1.54) is 19.3 Å². The first-order chi connectivity index (χ1) is 11.5. The Hall–Kier alpha value is -2.23. The summed E-state index contributed by atoms with van der Waals surface area (Å²) in [4.78, 5) is 13.1. The van der Waals surface area contributed by atoms with E-state index < -0.39 is 5.97 Å². The van der Waals surface area contributed by atoms with Crippen LogP contribution in [0.4, 0.5) is 0 Å². The molecule has 0 heterocycles. The summed E-state index contributed by atoms with van der Waals surface area (Å²) in [7, 11) is 1.47. The Morgan fingerprint density at radius 2 is 2.08 bits per heavy atom. The summed E-state index contributed by atoms with van der Waals surface area (Å²) in [5, 5.41) is 18.0. The number of hydrogen-bond donors (Lipinski definition) is 1. The number of benzene rings is 1. The first kappa shape index (κ1) is 19.8. The second kappa shape index (κ2) is 9.81. The molecule has 0 amide bonds. The molecule has 0 bridgehead atoms. The van der Waals surface area contributed by atoms with Crippen molar-refractivity contribution in [3.63, 3.8) is 0 Å². The Labute approximate surface area is 146 Å². The number of aliphatic carboxylic acids is 1. The third kappa shape index (κ3) is 5.44. The van der Waals surface area contributed by atoms with Gasteiger partial charge in [-0.25, -0.2) is 4.79 Å². The number of carboxylic acid groups (broad SMARTS) is 1. The average molecular weight is 353 g/mol. The highest BCUT2D eigenvalue weighted by atomic mass is 35.5. The van der Waals surface area contributed by atoms with Gasteiger partial charge in [-0.1, -0.05) is 25.4 Å². The normalized spacial score (nSPS) is 11.2. The highest BCUT2D eigenvalue weighted by Gasteiger charge is 2.13. The number of hydrogen-bond acceptors (Lipinski definition) is 5. The minimum Gasteiger partial charge on any atom is -0.493 e. The summed E-state index contributed by atoms with van der Waals surface area (Å²) in [5.74, 6) is -0.514. The quantitative estimate of drug-likeness (QED) is 0.543. The van der Waals surface area contributed by atoms with E-state index in [0.717, 1.165) is 19.6 Å². The van der Waals surface area contributed by atoms with Crippen LogP contribution in [0, 0.1) is 11.3 Å². The van der Waals surface area contributed by atoms with E-state index in [0.29, 0.717) is 28.7 Å². The van der Waals surface area contributed by atoms with Gasteiger partial charge in [0.15, 0.2) is 11.5 Å². The zero-order valence-corrected chi connectivity index (χ0v) is 14.8. The third-order valence-electron chi connectivity index (χ3n) is 3.46. The highest BCUT2D eigenvalue weighted by Crippen LogP contribution is 2.37. The van der Waals surface area contributed by atoms with Crippen LogP contribution in [0.2, 0.25) is 5.02 Å². The Balaban J connectivity index is 3.00. The molecule has 0 spiro atoms. The van der Waals surface area contributed by atoms with Crippen LogP contribution in [-0.4, -0.2) is 49.3 Å². The lowest BCUT2D eigenvalue weighted by molar-refractivity contribution is -0.132. The SMILES string of the molecule is CCN(CC)CCOc1c(Cl)cc(C=C(C#N)C(=O)O)cc1OC. The molecule has 0 atom stereocenters. The fourth-order valence-electron chi connectivity index (χ4n) is 2.09. The van der Waals surface area contributed by atoms with Gasteiger partial charge in [0.2, 0.25) is 0 Å². The molecule has 0 saturated carbocycles. The maximum absolute atomic E-state index is 10.9.